The molecule has 0 saturated heterocycles. The lowest BCUT2D eigenvalue weighted by Crippen LogP contribution is -2.37. The van der Waals surface area contributed by atoms with Gasteiger partial charge in [0, 0.05) is 23.5 Å². The van der Waals surface area contributed by atoms with Crippen molar-refractivity contribution in [1.82, 2.24) is 14.7 Å². The minimum atomic E-state index is -0.264. The Balaban J connectivity index is 1.82. The lowest BCUT2D eigenvalue weighted by Gasteiger charge is -2.21. The van der Waals surface area contributed by atoms with Crippen molar-refractivity contribution in [3.8, 4) is 0 Å². The molecule has 2 aromatic carbocycles. The summed E-state index contributed by atoms with van der Waals surface area (Å²) in [5.41, 5.74) is 0.610. The molecule has 0 saturated carbocycles. The average Bonchev–Trinajstić information content (AvgIpc) is 2.63. The van der Waals surface area contributed by atoms with Gasteiger partial charge in [0.1, 0.15) is 6.54 Å². The molecule has 1 heterocycles. The molecule has 0 aliphatic carbocycles. The number of hydrogen-bond donors (Lipinski definition) is 0. The third-order valence-electron chi connectivity index (χ3n) is 4.10. The first-order valence-electron chi connectivity index (χ1n) is 8.06. The molecule has 0 spiro atoms. The molecule has 0 atom stereocenters. The summed E-state index contributed by atoms with van der Waals surface area (Å²) in [5, 5.41) is 6.06. The Morgan fingerprint density at radius 3 is 2.64 bits per heavy atom. The predicted molar refractivity (Wildman–Crippen MR) is 98.5 cm³/mol. The number of likely N-dealkylation sites (N-methyl/N-ethyl adjacent to an activating group) is 1. The number of hydrogen-bond acceptors (Lipinski definition) is 3. The fourth-order valence-electron chi connectivity index (χ4n) is 2.68. The monoisotopic (exact) mass is 355 g/mol. The van der Waals surface area contributed by atoms with Crippen molar-refractivity contribution in [1.29, 1.82) is 0 Å². The lowest BCUT2D eigenvalue weighted by molar-refractivity contribution is -0.132. The molecule has 25 heavy (non-hydrogen) atoms. The molecule has 0 unspecified atom stereocenters. The van der Waals surface area contributed by atoms with Crippen LogP contribution in [-0.2, 0) is 17.9 Å². The highest BCUT2D eigenvalue weighted by molar-refractivity contribution is 6.31. The van der Waals surface area contributed by atoms with Crippen LogP contribution in [0, 0.1) is 0 Å². The van der Waals surface area contributed by atoms with Crippen molar-refractivity contribution >= 4 is 28.3 Å². The van der Waals surface area contributed by atoms with Crippen molar-refractivity contribution in [3.05, 3.63) is 75.7 Å². The Morgan fingerprint density at radius 2 is 1.88 bits per heavy atom. The van der Waals surface area contributed by atoms with Crippen LogP contribution < -0.4 is 5.56 Å². The fraction of sp³-hybridized carbons (Fsp3) is 0.211. The van der Waals surface area contributed by atoms with Gasteiger partial charge in [0.25, 0.3) is 5.56 Å². The van der Waals surface area contributed by atoms with E-state index >= 15 is 0 Å². The molecule has 1 aromatic heterocycles. The Morgan fingerprint density at radius 1 is 1.16 bits per heavy atom. The van der Waals surface area contributed by atoms with Crippen molar-refractivity contribution in [2.45, 2.75) is 20.0 Å². The van der Waals surface area contributed by atoms with Crippen LogP contribution in [0.3, 0.4) is 0 Å². The maximum absolute atomic E-state index is 12.6. The zero-order chi connectivity index (χ0) is 17.8. The molecule has 0 N–H and O–H groups in total. The van der Waals surface area contributed by atoms with Crippen LogP contribution in [0.2, 0.25) is 5.02 Å². The number of fused-ring (bicyclic) bond motifs is 1. The molecule has 0 aliphatic heterocycles. The molecule has 3 aromatic rings. The molecule has 0 fully saturated rings. The van der Waals surface area contributed by atoms with Crippen LogP contribution >= 0.6 is 11.6 Å². The Hall–Kier alpha value is -2.66. The van der Waals surface area contributed by atoms with E-state index in [4.69, 9.17) is 11.6 Å². The first-order valence-corrected chi connectivity index (χ1v) is 8.44. The fourth-order valence-corrected chi connectivity index (χ4v) is 2.87. The largest absolute Gasteiger partial charge is 0.337 e. The molecule has 128 valence electrons. The van der Waals surface area contributed by atoms with E-state index in [-0.39, 0.29) is 18.0 Å². The molecule has 1 amide bonds. The third-order valence-corrected chi connectivity index (χ3v) is 4.47. The van der Waals surface area contributed by atoms with Crippen LogP contribution in [-0.4, -0.2) is 27.1 Å². The highest BCUT2D eigenvalue weighted by Crippen LogP contribution is 2.17. The van der Waals surface area contributed by atoms with Gasteiger partial charge in [-0.2, -0.15) is 5.10 Å². The summed E-state index contributed by atoms with van der Waals surface area (Å²) in [4.78, 5) is 26.8. The zero-order valence-electron chi connectivity index (χ0n) is 13.9. The summed E-state index contributed by atoms with van der Waals surface area (Å²) in [6.45, 7) is 2.72. The van der Waals surface area contributed by atoms with E-state index in [9.17, 15) is 9.59 Å². The molecular weight excluding hydrogens is 338 g/mol. The van der Waals surface area contributed by atoms with E-state index in [1.807, 2.05) is 37.3 Å². The summed E-state index contributed by atoms with van der Waals surface area (Å²) < 4.78 is 1.21. The molecule has 0 aliphatic rings. The number of amides is 1. The highest BCUT2D eigenvalue weighted by Gasteiger charge is 2.16. The van der Waals surface area contributed by atoms with Gasteiger partial charge in [0.2, 0.25) is 5.91 Å². The van der Waals surface area contributed by atoms with E-state index in [1.54, 1.807) is 29.3 Å². The van der Waals surface area contributed by atoms with Crippen molar-refractivity contribution in [2.75, 3.05) is 6.54 Å². The van der Waals surface area contributed by atoms with Gasteiger partial charge in [-0.25, -0.2) is 4.68 Å². The minimum absolute atomic E-state index is 0.0953. The first kappa shape index (κ1) is 17.2. The topological polar surface area (TPSA) is 55.2 Å². The SMILES string of the molecule is CCN(Cc1ccccc1Cl)C(=O)Cn1ncc2ccccc2c1=O. The van der Waals surface area contributed by atoms with E-state index in [0.717, 1.165) is 10.9 Å². The van der Waals surface area contributed by atoms with Gasteiger partial charge < -0.3 is 4.90 Å². The van der Waals surface area contributed by atoms with Crippen LogP contribution in [0.1, 0.15) is 12.5 Å². The summed E-state index contributed by atoms with van der Waals surface area (Å²) in [6.07, 6.45) is 1.61. The minimum Gasteiger partial charge on any atom is -0.337 e. The van der Waals surface area contributed by atoms with Gasteiger partial charge in [0.05, 0.1) is 11.6 Å². The number of carbonyl (C=O) groups is 1. The van der Waals surface area contributed by atoms with Crippen LogP contribution in [0.5, 0.6) is 0 Å². The van der Waals surface area contributed by atoms with Gasteiger partial charge in [-0.15, -0.1) is 0 Å². The normalized spacial score (nSPS) is 10.8. The van der Waals surface area contributed by atoms with E-state index in [2.05, 4.69) is 5.10 Å². The van der Waals surface area contributed by atoms with Gasteiger partial charge in [0.15, 0.2) is 0 Å². The number of benzene rings is 2. The number of halogens is 1. The third kappa shape index (κ3) is 3.72. The van der Waals surface area contributed by atoms with Gasteiger partial charge >= 0.3 is 0 Å². The number of carbonyl (C=O) groups excluding carboxylic acids is 1. The van der Waals surface area contributed by atoms with E-state index < -0.39 is 0 Å². The Labute approximate surface area is 150 Å². The Bertz CT molecular complexity index is 968. The molecule has 0 radical (unpaired) electrons. The molecule has 0 bridgehead atoms. The summed E-state index contributed by atoms with van der Waals surface area (Å²) in [5.74, 6) is -0.174. The van der Waals surface area contributed by atoms with Crippen LogP contribution in [0.15, 0.2) is 59.5 Å². The van der Waals surface area contributed by atoms with Crippen LogP contribution in [0.4, 0.5) is 0 Å². The average molecular weight is 356 g/mol. The number of rotatable bonds is 5. The quantitative estimate of drug-likeness (QED) is 0.706. The standard InChI is InChI=1S/C19H18ClN3O2/c1-2-22(12-15-8-4-6-10-17(15)20)18(24)13-23-19(25)16-9-5-3-7-14(16)11-21-23/h3-11H,2,12-13H2,1H3. The van der Waals surface area contributed by atoms with E-state index in [1.165, 1.54) is 4.68 Å². The lowest BCUT2D eigenvalue weighted by atomic mass is 10.2. The summed E-state index contributed by atoms with van der Waals surface area (Å²) >= 11 is 6.18. The molecular formula is C19H18ClN3O2. The Kier molecular flexibility index (Phi) is 5.14. The molecule has 3 rings (SSSR count). The predicted octanol–water partition coefficient (Wildman–Crippen LogP) is 3.10. The van der Waals surface area contributed by atoms with Crippen LogP contribution in [0.25, 0.3) is 10.8 Å². The second-order valence-corrected chi connectivity index (χ2v) is 6.10. The van der Waals surface area contributed by atoms with Crippen molar-refractivity contribution in [3.63, 3.8) is 0 Å². The second kappa shape index (κ2) is 7.49. The number of nitrogens with zero attached hydrogens (tertiary/aromatic N) is 3. The summed E-state index contributed by atoms with van der Waals surface area (Å²) in [6, 6.07) is 14.6. The van der Waals surface area contributed by atoms with Gasteiger partial charge in [-0.05, 0) is 24.6 Å². The second-order valence-electron chi connectivity index (χ2n) is 5.69. The first-order chi connectivity index (χ1) is 12.1. The smallest absolute Gasteiger partial charge is 0.275 e. The molecule has 6 heteroatoms. The highest BCUT2D eigenvalue weighted by atomic mass is 35.5. The maximum Gasteiger partial charge on any atom is 0.275 e. The van der Waals surface area contributed by atoms with E-state index in [0.29, 0.717) is 23.5 Å². The van der Waals surface area contributed by atoms with Gasteiger partial charge in [-0.1, -0.05) is 48.0 Å². The van der Waals surface area contributed by atoms with Crippen molar-refractivity contribution in [2.24, 2.45) is 0 Å². The molecule has 5 nitrogen and oxygen atoms in total. The maximum atomic E-state index is 12.6. The number of aromatic nitrogens is 2. The van der Waals surface area contributed by atoms with Gasteiger partial charge in [-0.3, -0.25) is 9.59 Å². The summed E-state index contributed by atoms with van der Waals surface area (Å²) in [7, 11) is 0. The zero-order valence-corrected chi connectivity index (χ0v) is 14.6. The van der Waals surface area contributed by atoms with Crippen molar-refractivity contribution < 1.29 is 4.79 Å².